The lowest BCUT2D eigenvalue weighted by Crippen LogP contribution is -2.17. The molecule has 0 atom stereocenters. The van der Waals surface area contributed by atoms with Crippen molar-refractivity contribution >= 4 is 34.4 Å². The Balaban J connectivity index is 2.74. The third-order valence-corrected chi connectivity index (χ3v) is 4.26. The largest absolute Gasteiger partial charge is 0.284 e. The maximum absolute atomic E-state index is 11.7. The van der Waals surface area contributed by atoms with E-state index in [9.17, 15) is 4.79 Å². The number of benzene rings is 1. The van der Waals surface area contributed by atoms with E-state index in [-0.39, 0.29) is 5.91 Å². The summed E-state index contributed by atoms with van der Waals surface area (Å²) in [6, 6.07) is 7.53. The van der Waals surface area contributed by atoms with Crippen molar-refractivity contribution in [3.8, 4) is 5.69 Å². The van der Waals surface area contributed by atoms with Crippen molar-refractivity contribution in [3.05, 3.63) is 51.7 Å². The van der Waals surface area contributed by atoms with Crippen LogP contribution in [0.25, 0.3) is 11.3 Å². The zero-order chi connectivity index (χ0) is 15.4. The van der Waals surface area contributed by atoms with Crippen LogP contribution in [0.5, 0.6) is 0 Å². The Morgan fingerprint density at radius 2 is 2.05 bits per heavy atom. The smallest absolute Gasteiger partial charge is 0.248 e. The van der Waals surface area contributed by atoms with E-state index in [1.807, 2.05) is 41.1 Å². The first-order valence-electron chi connectivity index (χ1n) is 6.79. The van der Waals surface area contributed by atoms with Crippen LogP contribution >= 0.6 is 22.9 Å². The molecule has 2 rings (SSSR count). The molecule has 1 amide bonds. The molecule has 0 N–H and O–H groups in total. The van der Waals surface area contributed by atoms with Crippen LogP contribution in [0.4, 0.5) is 0 Å². The van der Waals surface area contributed by atoms with Gasteiger partial charge in [0.2, 0.25) is 5.91 Å². The average molecular weight is 321 g/mol. The van der Waals surface area contributed by atoms with Crippen LogP contribution in [-0.4, -0.2) is 10.5 Å². The Morgan fingerprint density at radius 1 is 1.33 bits per heavy atom. The van der Waals surface area contributed by atoms with Crippen LogP contribution in [0, 0.1) is 0 Å². The van der Waals surface area contributed by atoms with E-state index in [2.05, 4.69) is 11.6 Å². The van der Waals surface area contributed by atoms with Crippen LogP contribution in [-0.2, 0) is 4.79 Å². The van der Waals surface area contributed by atoms with E-state index in [0.717, 1.165) is 23.4 Å². The van der Waals surface area contributed by atoms with Crippen molar-refractivity contribution in [2.45, 2.75) is 26.7 Å². The van der Waals surface area contributed by atoms with Crippen molar-refractivity contribution in [2.75, 3.05) is 0 Å². The van der Waals surface area contributed by atoms with Gasteiger partial charge in [-0.3, -0.25) is 9.36 Å². The lowest BCUT2D eigenvalue weighted by Gasteiger charge is -2.11. The molecule has 0 spiro atoms. The molecule has 0 aliphatic heterocycles. The molecular formula is C16H17ClN2OS. The maximum Gasteiger partial charge on any atom is 0.248 e. The van der Waals surface area contributed by atoms with Crippen LogP contribution in [0.1, 0.15) is 32.4 Å². The van der Waals surface area contributed by atoms with Gasteiger partial charge in [-0.05, 0) is 24.1 Å². The number of carbonyl (C=O) groups excluding carboxylic acids is 1. The standard InChI is InChI=1S/C16H17ClN2OS/c1-4-11(3)14-10-21-16(18-15(20)5-2)19(14)13-9-7-6-8-12(13)17/h6-10H,3-5H2,1-2H3. The molecule has 0 unspecified atom stereocenters. The number of rotatable bonds is 4. The van der Waals surface area contributed by atoms with Crippen molar-refractivity contribution < 1.29 is 4.79 Å². The summed E-state index contributed by atoms with van der Waals surface area (Å²) in [5, 5.41) is 2.59. The molecule has 0 saturated heterocycles. The SMILES string of the molecule is C=C(CC)c1csc(=NC(=O)CC)n1-c1ccccc1Cl. The van der Waals surface area contributed by atoms with E-state index < -0.39 is 0 Å². The van der Waals surface area contributed by atoms with Crippen molar-refractivity contribution in [1.29, 1.82) is 0 Å². The number of amides is 1. The summed E-state index contributed by atoms with van der Waals surface area (Å²) in [7, 11) is 0. The highest BCUT2D eigenvalue weighted by Crippen LogP contribution is 2.25. The summed E-state index contributed by atoms with van der Waals surface area (Å²) in [4.78, 5) is 16.5. The van der Waals surface area contributed by atoms with Gasteiger partial charge in [-0.1, -0.05) is 44.2 Å². The lowest BCUT2D eigenvalue weighted by atomic mass is 10.2. The third kappa shape index (κ3) is 3.34. The Bertz CT molecular complexity index is 743. The monoisotopic (exact) mass is 320 g/mol. The molecule has 0 bridgehead atoms. The topological polar surface area (TPSA) is 34.4 Å². The van der Waals surface area contributed by atoms with E-state index in [1.54, 1.807) is 6.92 Å². The number of hydrogen-bond acceptors (Lipinski definition) is 2. The molecule has 0 aliphatic carbocycles. The highest BCUT2D eigenvalue weighted by molar-refractivity contribution is 7.07. The molecule has 1 aromatic carbocycles. The van der Waals surface area contributed by atoms with Crippen LogP contribution in [0.3, 0.4) is 0 Å². The van der Waals surface area contributed by atoms with Gasteiger partial charge in [0.15, 0.2) is 4.80 Å². The van der Waals surface area contributed by atoms with E-state index >= 15 is 0 Å². The zero-order valence-corrected chi connectivity index (χ0v) is 13.7. The molecule has 2 aromatic rings. The minimum atomic E-state index is -0.147. The maximum atomic E-state index is 11.7. The van der Waals surface area contributed by atoms with E-state index in [0.29, 0.717) is 16.2 Å². The number of aromatic nitrogens is 1. The van der Waals surface area contributed by atoms with Gasteiger partial charge in [0.1, 0.15) is 0 Å². The van der Waals surface area contributed by atoms with Gasteiger partial charge in [0.25, 0.3) is 0 Å². The minimum Gasteiger partial charge on any atom is -0.284 e. The molecule has 0 saturated carbocycles. The van der Waals surface area contributed by atoms with E-state index in [1.165, 1.54) is 11.3 Å². The predicted octanol–water partition coefficient (Wildman–Crippen LogP) is 4.45. The number of halogens is 1. The van der Waals surface area contributed by atoms with Gasteiger partial charge in [-0.2, -0.15) is 4.99 Å². The molecule has 21 heavy (non-hydrogen) atoms. The van der Waals surface area contributed by atoms with Gasteiger partial charge < -0.3 is 0 Å². The second kappa shape index (κ2) is 6.87. The van der Waals surface area contributed by atoms with Gasteiger partial charge in [-0.25, -0.2) is 0 Å². The van der Waals surface area contributed by atoms with Crippen LogP contribution in [0.15, 0.2) is 41.2 Å². The van der Waals surface area contributed by atoms with E-state index in [4.69, 9.17) is 11.6 Å². The highest BCUT2D eigenvalue weighted by Gasteiger charge is 2.12. The third-order valence-electron chi connectivity index (χ3n) is 3.11. The number of allylic oxidation sites excluding steroid dienone is 1. The van der Waals surface area contributed by atoms with Crippen molar-refractivity contribution in [3.63, 3.8) is 0 Å². The summed E-state index contributed by atoms with van der Waals surface area (Å²) in [6.45, 7) is 7.93. The number of para-hydroxylation sites is 1. The molecule has 1 heterocycles. The van der Waals surface area contributed by atoms with Crippen LogP contribution < -0.4 is 4.80 Å². The molecule has 0 fully saturated rings. The van der Waals surface area contributed by atoms with Gasteiger partial charge in [0.05, 0.1) is 16.4 Å². The normalized spacial score (nSPS) is 11.7. The molecule has 0 aliphatic rings. The zero-order valence-electron chi connectivity index (χ0n) is 12.1. The lowest BCUT2D eigenvalue weighted by molar-refractivity contribution is -0.117. The van der Waals surface area contributed by atoms with Crippen molar-refractivity contribution in [1.82, 2.24) is 4.57 Å². The second-order valence-corrected chi connectivity index (χ2v) is 5.75. The number of thiazole rings is 1. The fourth-order valence-corrected chi connectivity index (χ4v) is 3.03. The first-order valence-corrected chi connectivity index (χ1v) is 8.05. The Kier molecular flexibility index (Phi) is 5.15. The predicted molar refractivity (Wildman–Crippen MR) is 88.8 cm³/mol. The first-order chi connectivity index (χ1) is 10.1. The Labute approximate surface area is 133 Å². The Morgan fingerprint density at radius 3 is 2.67 bits per heavy atom. The summed E-state index contributed by atoms with van der Waals surface area (Å²) in [5.41, 5.74) is 2.74. The number of nitrogens with zero attached hydrogens (tertiary/aromatic N) is 2. The number of hydrogen-bond donors (Lipinski definition) is 0. The molecule has 1 aromatic heterocycles. The fourth-order valence-electron chi connectivity index (χ4n) is 1.87. The van der Waals surface area contributed by atoms with Crippen molar-refractivity contribution in [2.24, 2.45) is 4.99 Å². The average Bonchev–Trinajstić information content (AvgIpc) is 2.90. The first kappa shape index (κ1) is 15.7. The Hall–Kier alpha value is -1.65. The molecule has 0 radical (unpaired) electrons. The summed E-state index contributed by atoms with van der Waals surface area (Å²) in [6.07, 6.45) is 1.20. The van der Waals surface area contributed by atoms with Crippen LogP contribution in [0.2, 0.25) is 5.02 Å². The molecule has 110 valence electrons. The summed E-state index contributed by atoms with van der Waals surface area (Å²) < 4.78 is 1.91. The quantitative estimate of drug-likeness (QED) is 0.819. The van der Waals surface area contributed by atoms with Gasteiger partial charge in [-0.15, -0.1) is 11.3 Å². The van der Waals surface area contributed by atoms with Gasteiger partial charge in [0, 0.05) is 11.8 Å². The highest BCUT2D eigenvalue weighted by atomic mass is 35.5. The summed E-state index contributed by atoms with van der Waals surface area (Å²) >= 11 is 7.73. The second-order valence-electron chi connectivity index (χ2n) is 4.51. The fraction of sp³-hybridized carbons (Fsp3) is 0.250. The summed E-state index contributed by atoms with van der Waals surface area (Å²) in [5.74, 6) is -0.147. The minimum absolute atomic E-state index is 0.147. The molecular weight excluding hydrogens is 304 g/mol. The molecule has 3 nitrogen and oxygen atoms in total. The number of carbonyl (C=O) groups is 1. The molecule has 5 heteroatoms. The van der Waals surface area contributed by atoms with Gasteiger partial charge >= 0.3 is 0 Å².